The first-order valence-corrected chi connectivity index (χ1v) is 10.7. The Kier molecular flexibility index (Phi) is 7.84. The number of hydrogen-bond donors (Lipinski definition) is 2. The van der Waals surface area contributed by atoms with Crippen LogP contribution in [0.4, 0.5) is 17.1 Å². The van der Waals surface area contributed by atoms with Crippen LogP contribution in [-0.4, -0.2) is 63.2 Å². The Hall–Kier alpha value is -2.42. The fourth-order valence-corrected chi connectivity index (χ4v) is 3.49. The third-order valence-corrected chi connectivity index (χ3v) is 5.69. The number of amides is 2. The number of carbonyl (C=O) groups excluding carboxylic acids is 2. The lowest BCUT2D eigenvalue weighted by Crippen LogP contribution is -2.36. The summed E-state index contributed by atoms with van der Waals surface area (Å²) in [5.41, 5.74) is 3.63. The molecule has 2 aromatic carbocycles. The van der Waals surface area contributed by atoms with Crippen LogP contribution in [0.1, 0.15) is 5.56 Å². The topological polar surface area (TPSA) is 73.9 Å². The van der Waals surface area contributed by atoms with Crippen LogP contribution in [0.25, 0.3) is 0 Å². The smallest absolute Gasteiger partial charge is 0.238 e. The van der Waals surface area contributed by atoms with Gasteiger partial charge >= 0.3 is 0 Å². The number of carbonyl (C=O) groups is 2. The van der Waals surface area contributed by atoms with Crippen molar-refractivity contribution in [3.8, 4) is 0 Å². The largest absolute Gasteiger partial charge is 0.378 e. The predicted octanol–water partition coefficient (Wildman–Crippen LogP) is 3.10. The fourth-order valence-electron chi connectivity index (χ4n) is 3.25. The van der Waals surface area contributed by atoms with Crippen LogP contribution in [-0.2, 0) is 14.3 Å². The van der Waals surface area contributed by atoms with Crippen molar-refractivity contribution < 1.29 is 14.3 Å². The lowest BCUT2D eigenvalue weighted by molar-refractivity contribution is -0.119. The van der Waals surface area contributed by atoms with Gasteiger partial charge in [0.25, 0.3) is 0 Å². The summed E-state index contributed by atoms with van der Waals surface area (Å²) in [6, 6.07) is 13.4. The lowest BCUT2D eigenvalue weighted by atomic mass is 10.2. The van der Waals surface area contributed by atoms with Gasteiger partial charge in [0.1, 0.15) is 0 Å². The molecule has 8 heteroatoms. The molecule has 0 spiro atoms. The van der Waals surface area contributed by atoms with E-state index in [4.69, 9.17) is 4.74 Å². The van der Waals surface area contributed by atoms with Gasteiger partial charge in [0.2, 0.25) is 11.8 Å². The monoisotopic (exact) mass is 474 g/mol. The van der Waals surface area contributed by atoms with Crippen molar-refractivity contribution in [1.82, 2.24) is 4.90 Å². The quantitative estimate of drug-likeness (QED) is 0.644. The van der Waals surface area contributed by atoms with E-state index in [0.717, 1.165) is 53.4 Å². The number of ether oxygens (including phenoxy) is 1. The van der Waals surface area contributed by atoms with Gasteiger partial charge in [-0.1, -0.05) is 15.9 Å². The molecule has 2 N–H and O–H groups in total. The van der Waals surface area contributed by atoms with Gasteiger partial charge in [0.15, 0.2) is 0 Å². The Morgan fingerprint density at radius 1 is 1.00 bits per heavy atom. The number of nitrogens with zero attached hydrogens (tertiary/aromatic N) is 2. The highest BCUT2D eigenvalue weighted by molar-refractivity contribution is 9.10. The van der Waals surface area contributed by atoms with Crippen LogP contribution in [0.2, 0.25) is 0 Å². The van der Waals surface area contributed by atoms with Gasteiger partial charge in [-0.25, -0.2) is 0 Å². The summed E-state index contributed by atoms with van der Waals surface area (Å²) in [6.07, 6.45) is 0. The molecule has 1 heterocycles. The second-order valence-electron chi connectivity index (χ2n) is 7.38. The summed E-state index contributed by atoms with van der Waals surface area (Å²) in [4.78, 5) is 28.5. The van der Waals surface area contributed by atoms with Crippen molar-refractivity contribution in [1.29, 1.82) is 0 Å². The van der Waals surface area contributed by atoms with Crippen LogP contribution < -0.4 is 15.5 Å². The fraction of sp³-hybridized carbons (Fsp3) is 0.364. The SMILES string of the molecule is Cc1cc(NC(=O)CN(C)CC(=O)Nc2ccc(N3CCOCC3)cc2)ccc1Br. The van der Waals surface area contributed by atoms with E-state index in [1.54, 1.807) is 11.9 Å². The zero-order valence-corrected chi connectivity index (χ0v) is 18.9. The number of nitrogens with one attached hydrogen (secondary N) is 2. The first-order valence-electron chi connectivity index (χ1n) is 9.88. The van der Waals surface area contributed by atoms with Crippen molar-refractivity contribution >= 4 is 44.8 Å². The molecule has 0 bridgehead atoms. The van der Waals surface area contributed by atoms with Gasteiger partial charge in [-0.05, 0) is 62.0 Å². The molecule has 160 valence electrons. The highest BCUT2D eigenvalue weighted by Gasteiger charge is 2.13. The van der Waals surface area contributed by atoms with Crippen LogP contribution in [0.15, 0.2) is 46.9 Å². The molecule has 1 saturated heterocycles. The molecule has 0 radical (unpaired) electrons. The van der Waals surface area contributed by atoms with Gasteiger partial charge in [0.05, 0.1) is 26.3 Å². The molecule has 1 aliphatic heterocycles. The van der Waals surface area contributed by atoms with Gasteiger partial charge in [-0.3, -0.25) is 14.5 Å². The number of rotatable bonds is 7. The van der Waals surface area contributed by atoms with Crippen molar-refractivity contribution in [3.05, 3.63) is 52.5 Å². The number of benzene rings is 2. The Bertz CT molecular complexity index is 882. The maximum Gasteiger partial charge on any atom is 0.238 e. The number of halogens is 1. The van der Waals surface area contributed by atoms with Gasteiger partial charge in [-0.2, -0.15) is 0 Å². The molecule has 0 unspecified atom stereocenters. The van der Waals surface area contributed by atoms with E-state index < -0.39 is 0 Å². The number of aryl methyl sites for hydroxylation is 1. The third-order valence-electron chi connectivity index (χ3n) is 4.80. The maximum atomic E-state index is 12.3. The average Bonchev–Trinajstić information content (AvgIpc) is 2.71. The van der Waals surface area contributed by atoms with Gasteiger partial charge in [-0.15, -0.1) is 0 Å². The second kappa shape index (κ2) is 10.6. The van der Waals surface area contributed by atoms with Crippen LogP contribution in [0.3, 0.4) is 0 Å². The highest BCUT2D eigenvalue weighted by Crippen LogP contribution is 2.20. The standard InChI is InChI=1S/C22H27BrN4O3/c1-16-13-18(5-8-20(16)23)25-22(29)15-26(2)14-21(28)24-17-3-6-19(7-4-17)27-9-11-30-12-10-27/h3-8,13H,9-12,14-15H2,1-2H3,(H,24,28)(H,25,29). The van der Waals surface area contributed by atoms with E-state index in [0.29, 0.717) is 0 Å². The molecule has 0 aromatic heterocycles. The molecular formula is C22H27BrN4O3. The van der Waals surface area contributed by atoms with Crippen molar-refractivity contribution in [2.75, 3.05) is 62.0 Å². The number of likely N-dealkylation sites (N-methyl/N-ethyl adjacent to an activating group) is 1. The summed E-state index contributed by atoms with van der Waals surface area (Å²) >= 11 is 3.44. The van der Waals surface area contributed by atoms with Gasteiger partial charge < -0.3 is 20.3 Å². The molecule has 2 amide bonds. The lowest BCUT2D eigenvalue weighted by Gasteiger charge is -2.28. The number of anilines is 3. The number of hydrogen-bond acceptors (Lipinski definition) is 5. The summed E-state index contributed by atoms with van der Waals surface area (Å²) in [6.45, 7) is 5.43. The Morgan fingerprint density at radius 3 is 2.17 bits per heavy atom. The van der Waals surface area contributed by atoms with E-state index in [-0.39, 0.29) is 24.9 Å². The molecule has 2 aromatic rings. The van der Waals surface area contributed by atoms with Crippen molar-refractivity contribution in [2.45, 2.75) is 6.92 Å². The summed E-state index contributed by atoms with van der Waals surface area (Å²) in [5, 5.41) is 5.73. The Morgan fingerprint density at radius 2 is 1.57 bits per heavy atom. The Balaban J connectivity index is 1.44. The molecule has 30 heavy (non-hydrogen) atoms. The van der Waals surface area contributed by atoms with E-state index in [9.17, 15) is 9.59 Å². The van der Waals surface area contributed by atoms with E-state index in [2.05, 4.69) is 31.5 Å². The summed E-state index contributed by atoms with van der Waals surface area (Å²) in [7, 11) is 1.74. The maximum absolute atomic E-state index is 12.3. The summed E-state index contributed by atoms with van der Waals surface area (Å²) in [5.74, 6) is -0.328. The molecule has 7 nitrogen and oxygen atoms in total. The zero-order valence-electron chi connectivity index (χ0n) is 17.3. The van der Waals surface area contributed by atoms with E-state index in [1.165, 1.54) is 0 Å². The van der Waals surface area contributed by atoms with Crippen LogP contribution >= 0.6 is 15.9 Å². The molecular weight excluding hydrogens is 448 g/mol. The average molecular weight is 475 g/mol. The van der Waals surface area contributed by atoms with Crippen LogP contribution in [0, 0.1) is 6.92 Å². The minimum absolute atomic E-state index is 0.123. The minimum Gasteiger partial charge on any atom is -0.378 e. The Labute approximate surface area is 185 Å². The first-order chi connectivity index (χ1) is 14.4. The number of morpholine rings is 1. The first kappa shape index (κ1) is 22.3. The zero-order chi connectivity index (χ0) is 21.5. The molecule has 0 saturated carbocycles. The molecule has 3 rings (SSSR count). The second-order valence-corrected chi connectivity index (χ2v) is 8.23. The molecule has 0 atom stereocenters. The van der Waals surface area contributed by atoms with Crippen molar-refractivity contribution in [3.63, 3.8) is 0 Å². The predicted molar refractivity (Wildman–Crippen MR) is 123 cm³/mol. The van der Waals surface area contributed by atoms with Crippen molar-refractivity contribution in [2.24, 2.45) is 0 Å². The van der Waals surface area contributed by atoms with E-state index >= 15 is 0 Å². The third kappa shape index (κ3) is 6.55. The molecule has 1 aliphatic rings. The van der Waals surface area contributed by atoms with Crippen LogP contribution in [0.5, 0.6) is 0 Å². The minimum atomic E-state index is -0.165. The molecule has 0 aliphatic carbocycles. The summed E-state index contributed by atoms with van der Waals surface area (Å²) < 4.78 is 6.36. The van der Waals surface area contributed by atoms with Gasteiger partial charge in [0, 0.05) is 34.6 Å². The molecule has 1 fully saturated rings. The normalized spacial score (nSPS) is 13.9. The highest BCUT2D eigenvalue weighted by atomic mass is 79.9. The van der Waals surface area contributed by atoms with E-state index in [1.807, 2.05) is 49.4 Å².